The highest BCUT2D eigenvalue weighted by Gasteiger charge is 2.37. The van der Waals surface area contributed by atoms with Crippen LogP contribution in [0.2, 0.25) is 5.02 Å². The van der Waals surface area contributed by atoms with E-state index >= 15 is 0 Å². The molecule has 1 N–H and O–H groups in total. The van der Waals surface area contributed by atoms with Crippen molar-refractivity contribution in [1.29, 1.82) is 0 Å². The number of rotatable bonds is 4. The first-order chi connectivity index (χ1) is 16.3. The van der Waals surface area contributed by atoms with Crippen LogP contribution in [-0.4, -0.2) is 19.2 Å². The van der Waals surface area contributed by atoms with Gasteiger partial charge in [-0.05, 0) is 58.7 Å². The van der Waals surface area contributed by atoms with Crippen molar-refractivity contribution < 1.29 is 9.50 Å². The summed E-state index contributed by atoms with van der Waals surface area (Å²) < 4.78 is 16.9. The predicted molar refractivity (Wildman–Crippen MR) is 131 cm³/mol. The molecule has 0 saturated heterocycles. The number of hydrogen-bond donors (Lipinski definition) is 1. The highest BCUT2D eigenvalue weighted by molar-refractivity contribution is 6.30. The average Bonchev–Trinajstić information content (AvgIpc) is 3.28. The Hall–Kier alpha value is -3.74. The third-order valence-corrected chi connectivity index (χ3v) is 6.52. The minimum atomic E-state index is -1.54. The van der Waals surface area contributed by atoms with Crippen molar-refractivity contribution in [2.75, 3.05) is 0 Å². The van der Waals surface area contributed by atoms with Crippen molar-refractivity contribution in [2.45, 2.75) is 5.60 Å². The van der Waals surface area contributed by atoms with Gasteiger partial charge in [0.05, 0.1) is 23.7 Å². The Morgan fingerprint density at radius 3 is 2.26 bits per heavy atom. The Kier molecular flexibility index (Phi) is 5.35. The van der Waals surface area contributed by atoms with Crippen LogP contribution in [0, 0.1) is 5.82 Å². The summed E-state index contributed by atoms with van der Waals surface area (Å²) in [6.07, 6.45) is 3.26. The van der Waals surface area contributed by atoms with Crippen molar-refractivity contribution >= 4 is 22.5 Å². The van der Waals surface area contributed by atoms with Gasteiger partial charge in [-0.2, -0.15) is 0 Å². The molecule has 170 valence electrons. The molecule has 0 aliphatic carbocycles. The summed E-state index contributed by atoms with van der Waals surface area (Å²) in [6, 6.07) is 20.0. The van der Waals surface area contributed by atoms with Crippen LogP contribution < -0.4 is 5.56 Å². The molecule has 0 aliphatic rings. The second-order valence-electron chi connectivity index (χ2n) is 8.30. The van der Waals surface area contributed by atoms with Gasteiger partial charge in [-0.3, -0.25) is 4.79 Å². The zero-order valence-electron chi connectivity index (χ0n) is 18.5. The largest absolute Gasteiger partial charge is 0.374 e. The van der Waals surface area contributed by atoms with E-state index in [9.17, 15) is 14.3 Å². The van der Waals surface area contributed by atoms with Crippen LogP contribution in [0.5, 0.6) is 0 Å². The lowest BCUT2D eigenvalue weighted by atomic mass is 9.82. The maximum atomic E-state index is 13.6. The zero-order valence-corrected chi connectivity index (χ0v) is 19.3. The number of fused-ring (bicyclic) bond motifs is 1. The summed E-state index contributed by atoms with van der Waals surface area (Å²) in [5.74, 6) is -0.356. The van der Waals surface area contributed by atoms with Gasteiger partial charge in [0.15, 0.2) is 5.60 Å². The number of halogens is 2. The Labute approximate surface area is 200 Å². The Morgan fingerprint density at radius 1 is 0.941 bits per heavy atom. The lowest BCUT2D eigenvalue weighted by Gasteiger charge is -2.30. The standard InChI is InChI=1S/C27H21ClFN3O2/c1-31-16-30-15-25(31)27(34,18-5-8-20(28)9-6-18)19-7-12-24-23(13-19)22(14-26(33)32(24)2)17-3-10-21(29)11-4-17/h3-16,34H,1-2H3. The molecule has 0 aliphatic heterocycles. The van der Waals surface area contributed by atoms with Crippen molar-refractivity contribution in [3.63, 3.8) is 0 Å². The van der Waals surface area contributed by atoms with Crippen LogP contribution in [0.15, 0.2) is 90.1 Å². The van der Waals surface area contributed by atoms with Gasteiger partial charge in [0.2, 0.25) is 0 Å². The maximum Gasteiger partial charge on any atom is 0.251 e. The van der Waals surface area contributed by atoms with E-state index in [-0.39, 0.29) is 11.4 Å². The molecule has 7 heteroatoms. The molecule has 0 fully saturated rings. The number of nitrogens with zero attached hydrogens (tertiary/aromatic N) is 3. The van der Waals surface area contributed by atoms with E-state index in [1.54, 1.807) is 71.2 Å². The van der Waals surface area contributed by atoms with E-state index in [4.69, 9.17) is 11.6 Å². The van der Waals surface area contributed by atoms with Gasteiger partial charge >= 0.3 is 0 Å². The van der Waals surface area contributed by atoms with Crippen molar-refractivity contribution in [3.05, 3.63) is 123 Å². The second kappa shape index (κ2) is 8.24. The minimum absolute atomic E-state index is 0.181. The van der Waals surface area contributed by atoms with Crippen molar-refractivity contribution in [3.8, 4) is 11.1 Å². The van der Waals surface area contributed by atoms with Crippen LogP contribution in [0.3, 0.4) is 0 Å². The lowest BCUT2D eigenvalue weighted by Crippen LogP contribution is -2.31. The lowest BCUT2D eigenvalue weighted by molar-refractivity contribution is 0.117. The van der Waals surface area contributed by atoms with Gasteiger partial charge in [-0.25, -0.2) is 9.37 Å². The first kappa shape index (κ1) is 22.1. The second-order valence-corrected chi connectivity index (χ2v) is 8.74. The minimum Gasteiger partial charge on any atom is -0.374 e. The molecule has 34 heavy (non-hydrogen) atoms. The van der Waals surface area contributed by atoms with Crippen LogP contribution in [0.1, 0.15) is 16.8 Å². The van der Waals surface area contributed by atoms with Gasteiger partial charge in [0.25, 0.3) is 5.56 Å². The molecule has 0 amide bonds. The molecular weight excluding hydrogens is 453 g/mol. The maximum absolute atomic E-state index is 13.6. The molecule has 1 atom stereocenters. The van der Waals surface area contributed by atoms with Crippen molar-refractivity contribution in [1.82, 2.24) is 14.1 Å². The Bertz CT molecular complexity index is 1570. The van der Waals surface area contributed by atoms with Gasteiger partial charge in [-0.1, -0.05) is 41.9 Å². The molecule has 0 bridgehead atoms. The van der Waals surface area contributed by atoms with Crippen molar-refractivity contribution in [2.24, 2.45) is 14.1 Å². The first-order valence-electron chi connectivity index (χ1n) is 10.6. The highest BCUT2D eigenvalue weighted by atomic mass is 35.5. The molecule has 5 rings (SSSR count). The monoisotopic (exact) mass is 473 g/mol. The van der Waals surface area contributed by atoms with Gasteiger partial charge in [0, 0.05) is 30.6 Å². The molecule has 5 nitrogen and oxygen atoms in total. The molecule has 1 unspecified atom stereocenters. The number of hydrogen-bond acceptors (Lipinski definition) is 3. The number of aromatic nitrogens is 3. The summed E-state index contributed by atoms with van der Waals surface area (Å²) in [5.41, 5.74) is 2.11. The van der Waals surface area contributed by atoms with E-state index in [2.05, 4.69) is 4.98 Å². The fourth-order valence-corrected chi connectivity index (χ4v) is 4.54. The van der Waals surface area contributed by atoms with E-state index in [0.29, 0.717) is 38.5 Å². The SMILES string of the molecule is Cn1cncc1C(O)(c1ccc(Cl)cc1)c1ccc2c(c1)c(-c1ccc(F)cc1)cc(=O)n2C. The average molecular weight is 474 g/mol. The topological polar surface area (TPSA) is 60.0 Å². The van der Waals surface area contributed by atoms with E-state index in [1.165, 1.54) is 18.2 Å². The fourth-order valence-electron chi connectivity index (χ4n) is 4.41. The predicted octanol–water partition coefficient (Wildman–Crippen LogP) is 5.02. The third-order valence-electron chi connectivity index (χ3n) is 6.27. The molecule has 2 heterocycles. The normalized spacial score (nSPS) is 13.2. The van der Waals surface area contributed by atoms with E-state index in [1.807, 2.05) is 19.2 Å². The molecule has 0 saturated carbocycles. The molecule has 2 aromatic heterocycles. The Morgan fingerprint density at radius 2 is 1.62 bits per heavy atom. The van der Waals surface area contributed by atoms with Gasteiger partial charge < -0.3 is 14.2 Å². The molecular formula is C27H21ClFN3O2. The van der Waals surface area contributed by atoms with E-state index in [0.717, 1.165) is 5.39 Å². The van der Waals surface area contributed by atoms with Crippen LogP contribution in [0.25, 0.3) is 22.0 Å². The molecule has 0 radical (unpaired) electrons. The summed E-state index contributed by atoms with van der Waals surface area (Å²) in [6.45, 7) is 0. The van der Waals surface area contributed by atoms with Crippen LogP contribution in [-0.2, 0) is 19.7 Å². The third kappa shape index (κ3) is 3.52. The number of benzene rings is 3. The molecule has 0 spiro atoms. The Balaban J connectivity index is 1.83. The quantitative estimate of drug-likeness (QED) is 0.399. The van der Waals surface area contributed by atoms with E-state index < -0.39 is 5.60 Å². The molecule has 5 aromatic rings. The summed E-state index contributed by atoms with van der Waals surface area (Å²) in [7, 11) is 3.52. The zero-order chi connectivity index (χ0) is 24.0. The smallest absolute Gasteiger partial charge is 0.251 e. The van der Waals surface area contributed by atoms with Crippen LogP contribution in [0.4, 0.5) is 4.39 Å². The number of aliphatic hydroxyl groups is 1. The highest BCUT2D eigenvalue weighted by Crippen LogP contribution is 2.39. The van der Waals surface area contributed by atoms with Gasteiger partial charge in [-0.15, -0.1) is 0 Å². The van der Waals surface area contributed by atoms with Gasteiger partial charge in [0.1, 0.15) is 5.82 Å². The summed E-state index contributed by atoms with van der Waals surface area (Å²) in [5, 5.41) is 13.6. The number of imidazole rings is 1. The fraction of sp³-hybridized carbons (Fsp3) is 0.111. The number of pyridine rings is 1. The summed E-state index contributed by atoms with van der Waals surface area (Å²) in [4.78, 5) is 16.9. The summed E-state index contributed by atoms with van der Waals surface area (Å²) >= 11 is 6.12. The van der Waals surface area contributed by atoms with Crippen LogP contribution >= 0.6 is 11.6 Å². The molecule has 3 aromatic carbocycles. The number of aryl methyl sites for hydroxylation is 2. The first-order valence-corrected chi connectivity index (χ1v) is 11.0.